The number of nitrogens with zero attached hydrogens (tertiary/aromatic N) is 1. The number of rotatable bonds is 6. The van der Waals surface area contributed by atoms with Gasteiger partial charge in [0.15, 0.2) is 0 Å². The Kier molecular flexibility index (Phi) is 4.93. The summed E-state index contributed by atoms with van der Waals surface area (Å²) in [6.07, 6.45) is 0. The fraction of sp³-hybridized carbons (Fsp3) is 0.294. The van der Waals surface area contributed by atoms with Crippen LogP contribution < -0.4 is 20.1 Å². The topological polar surface area (TPSA) is 47.7 Å². The van der Waals surface area contributed by atoms with E-state index in [1.165, 1.54) is 0 Å². The van der Waals surface area contributed by atoms with Crippen LogP contribution in [0.5, 0.6) is 11.5 Å². The molecule has 0 amide bonds. The molecule has 0 bridgehead atoms. The van der Waals surface area contributed by atoms with Gasteiger partial charge in [-0.05, 0) is 37.3 Å². The molecule has 0 aromatic heterocycles. The molecular weight excluding hydrogens is 264 g/mol. The molecule has 4 heteroatoms. The van der Waals surface area contributed by atoms with Crippen molar-refractivity contribution in [3.63, 3.8) is 0 Å². The number of anilines is 2. The van der Waals surface area contributed by atoms with Crippen molar-refractivity contribution in [3.8, 4) is 11.5 Å². The minimum atomic E-state index is 0.639. The van der Waals surface area contributed by atoms with Crippen LogP contribution in [-0.4, -0.2) is 20.8 Å². The predicted octanol–water partition coefficient (Wildman–Crippen LogP) is 3.31. The predicted molar refractivity (Wildman–Crippen MR) is 87.1 cm³/mol. The lowest BCUT2D eigenvalue weighted by molar-refractivity contribution is 0.336. The van der Waals surface area contributed by atoms with Gasteiger partial charge < -0.3 is 20.1 Å². The van der Waals surface area contributed by atoms with E-state index in [0.29, 0.717) is 13.2 Å². The molecule has 0 fully saturated rings. The first-order valence-corrected chi connectivity index (χ1v) is 7.00. The van der Waals surface area contributed by atoms with Crippen molar-refractivity contribution in [2.24, 2.45) is 0 Å². The van der Waals surface area contributed by atoms with Crippen LogP contribution in [0.25, 0.3) is 0 Å². The molecule has 0 radical (unpaired) electrons. The fourth-order valence-corrected chi connectivity index (χ4v) is 2.21. The Labute approximate surface area is 126 Å². The smallest absolute Gasteiger partial charge is 0.124 e. The SMILES string of the molecule is CCOc1ccc(N)cc1CN(C)c1cccc(OC)c1. The molecule has 2 N–H and O–H groups in total. The molecular formula is C17H22N2O2. The normalized spacial score (nSPS) is 10.2. The van der Waals surface area contributed by atoms with E-state index >= 15 is 0 Å². The Morgan fingerprint density at radius 2 is 1.95 bits per heavy atom. The van der Waals surface area contributed by atoms with Gasteiger partial charge in [-0.15, -0.1) is 0 Å². The largest absolute Gasteiger partial charge is 0.497 e. The third-order valence-electron chi connectivity index (χ3n) is 3.29. The number of methoxy groups -OCH3 is 1. The van der Waals surface area contributed by atoms with E-state index in [2.05, 4.69) is 11.0 Å². The third kappa shape index (κ3) is 3.81. The second kappa shape index (κ2) is 6.88. The van der Waals surface area contributed by atoms with Crippen LogP contribution in [0.1, 0.15) is 12.5 Å². The van der Waals surface area contributed by atoms with Crippen molar-refractivity contribution >= 4 is 11.4 Å². The monoisotopic (exact) mass is 286 g/mol. The lowest BCUT2D eigenvalue weighted by atomic mass is 10.1. The fourth-order valence-electron chi connectivity index (χ4n) is 2.21. The number of nitrogens with two attached hydrogens (primary N) is 1. The van der Waals surface area contributed by atoms with E-state index in [1.54, 1.807) is 7.11 Å². The highest BCUT2D eigenvalue weighted by atomic mass is 16.5. The molecule has 2 aromatic carbocycles. The van der Waals surface area contributed by atoms with Crippen LogP contribution in [0.2, 0.25) is 0 Å². The summed E-state index contributed by atoms with van der Waals surface area (Å²) < 4.78 is 10.9. The molecule has 2 rings (SSSR count). The van der Waals surface area contributed by atoms with Gasteiger partial charge in [0, 0.05) is 36.6 Å². The summed E-state index contributed by atoms with van der Waals surface area (Å²) in [7, 11) is 3.71. The highest BCUT2D eigenvalue weighted by Crippen LogP contribution is 2.26. The maximum atomic E-state index is 5.89. The van der Waals surface area contributed by atoms with Crippen molar-refractivity contribution in [3.05, 3.63) is 48.0 Å². The number of hydrogen-bond donors (Lipinski definition) is 1. The van der Waals surface area contributed by atoms with E-state index in [4.69, 9.17) is 15.2 Å². The molecule has 112 valence electrons. The molecule has 21 heavy (non-hydrogen) atoms. The van der Waals surface area contributed by atoms with Crippen LogP contribution in [0.15, 0.2) is 42.5 Å². The average Bonchev–Trinajstić information content (AvgIpc) is 2.50. The summed E-state index contributed by atoms with van der Waals surface area (Å²) >= 11 is 0. The first kappa shape index (κ1) is 15.0. The highest BCUT2D eigenvalue weighted by Gasteiger charge is 2.09. The van der Waals surface area contributed by atoms with Crippen molar-refractivity contribution in [1.29, 1.82) is 0 Å². The van der Waals surface area contributed by atoms with Gasteiger partial charge in [0.05, 0.1) is 13.7 Å². The highest BCUT2D eigenvalue weighted by molar-refractivity contribution is 5.53. The molecule has 0 saturated carbocycles. The molecule has 0 saturated heterocycles. The standard InChI is InChI=1S/C17H22N2O2/c1-4-21-17-9-8-14(18)10-13(17)12-19(2)15-6-5-7-16(11-15)20-3/h5-11H,4,12,18H2,1-3H3. The second-order valence-corrected chi connectivity index (χ2v) is 4.86. The quantitative estimate of drug-likeness (QED) is 0.828. The molecule has 0 unspecified atom stereocenters. The van der Waals surface area contributed by atoms with Gasteiger partial charge in [-0.25, -0.2) is 0 Å². The molecule has 0 aliphatic rings. The summed E-state index contributed by atoms with van der Waals surface area (Å²) in [6.45, 7) is 3.33. The third-order valence-corrected chi connectivity index (χ3v) is 3.29. The van der Waals surface area contributed by atoms with Crippen molar-refractivity contribution in [1.82, 2.24) is 0 Å². The van der Waals surface area contributed by atoms with E-state index in [0.717, 1.165) is 28.4 Å². The Bertz CT molecular complexity index is 599. The van der Waals surface area contributed by atoms with Crippen molar-refractivity contribution < 1.29 is 9.47 Å². The summed E-state index contributed by atoms with van der Waals surface area (Å²) in [5, 5.41) is 0. The van der Waals surface area contributed by atoms with Gasteiger partial charge in [0.1, 0.15) is 11.5 Å². The minimum Gasteiger partial charge on any atom is -0.497 e. The molecule has 0 spiro atoms. The molecule has 0 heterocycles. The van der Waals surface area contributed by atoms with Crippen molar-refractivity contribution in [2.75, 3.05) is 31.4 Å². The number of ether oxygens (including phenoxy) is 2. The number of benzene rings is 2. The Balaban J connectivity index is 2.21. The van der Waals surface area contributed by atoms with Gasteiger partial charge in [-0.2, -0.15) is 0 Å². The molecule has 0 atom stereocenters. The molecule has 0 aliphatic heterocycles. The van der Waals surface area contributed by atoms with Gasteiger partial charge in [-0.3, -0.25) is 0 Å². The van der Waals surface area contributed by atoms with Crippen molar-refractivity contribution in [2.45, 2.75) is 13.5 Å². The molecule has 2 aromatic rings. The van der Waals surface area contributed by atoms with Gasteiger partial charge in [-0.1, -0.05) is 6.07 Å². The van der Waals surface area contributed by atoms with Crippen LogP contribution in [0, 0.1) is 0 Å². The maximum Gasteiger partial charge on any atom is 0.124 e. The average molecular weight is 286 g/mol. The summed E-state index contributed by atoms with van der Waals surface area (Å²) in [4.78, 5) is 2.14. The lowest BCUT2D eigenvalue weighted by Gasteiger charge is -2.22. The Morgan fingerprint density at radius 1 is 1.14 bits per heavy atom. The van der Waals surface area contributed by atoms with Gasteiger partial charge >= 0.3 is 0 Å². The van der Waals surface area contributed by atoms with Gasteiger partial charge in [0.25, 0.3) is 0 Å². The maximum absolute atomic E-state index is 5.89. The zero-order valence-electron chi connectivity index (χ0n) is 12.8. The first-order valence-electron chi connectivity index (χ1n) is 7.00. The molecule has 4 nitrogen and oxygen atoms in total. The Morgan fingerprint density at radius 3 is 2.67 bits per heavy atom. The summed E-state index contributed by atoms with van der Waals surface area (Å²) in [6, 6.07) is 13.7. The van der Waals surface area contributed by atoms with E-state index in [-0.39, 0.29) is 0 Å². The number of hydrogen-bond acceptors (Lipinski definition) is 4. The van der Waals surface area contributed by atoms with E-state index in [1.807, 2.05) is 50.4 Å². The van der Waals surface area contributed by atoms with E-state index in [9.17, 15) is 0 Å². The molecule has 0 aliphatic carbocycles. The summed E-state index contributed by atoms with van der Waals surface area (Å²) in [5.41, 5.74) is 8.79. The minimum absolute atomic E-state index is 0.639. The first-order chi connectivity index (χ1) is 10.1. The van der Waals surface area contributed by atoms with Crippen LogP contribution in [0.4, 0.5) is 11.4 Å². The zero-order valence-corrected chi connectivity index (χ0v) is 12.8. The lowest BCUT2D eigenvalue weighted by Crippen LogP contribution is -2.17. The van der Waals surface area contributed by atoms with Gasteiger partial charge in [0.2, 0.25) is 0 Å². The zero-order chi connectivity index (χ0) is 15.2. The van der Waals surface area contributed by atoms with Crippen LogP contribution in [-0.2, 0) is 6.54 Å². The van der Waals surface area contributed by atoms with E-state index < -0.39 is 0 Å². The van der Waals surface area contributed by atoms with Crippen LogP contribution in [0.3, 0.4) is 0 Å². The number of nitrogen functional groups attached to an aromatic ring is 1. The van der Waals surface area contributed by atoms with Crippen LogP contribution >= 0.6 is 0 Å². The Hall–Kier alpha value is -2.36. The second-order valence-electron chi connectivity index (χ2n) is 4.86. The summed E-state index contributed by atoms with van der Waals surface area (Å²) in [5.74, 6) is 1.72.